The quantitative estimate of drug-likeness (QED) is 0.452. The summed E-state index contributed by atoms with van der Waals surface area (Å²) in [6.45, 7) is 4.14. The zero-order valence-electron chi connectivity index (χ0n) is 20.0. The molecule has 2 heterocycles. The van der Waals surface area contributed by atoms with E-state index in [2.05, 4.69) is 10.3 Å². The first-order valence-corrected chi connectivity index (χ1v) is 11.2. The molecule has 2 amide bonds. The van der Waals surface area contributed by atoms with Gasteiger partial charge >= 0.3 is 5.97 Å². The molecular weight excluding hydrogens is 438 g/mol. The van der Waals surface area contributed by atoms with Crippen LogP contribution >= 0.6 is 0 Å². The van der Waals surface area contributed by atoms with Crippen LogP contribution in [0.3, 0.4) is 0 Å². The summed E-state index contributed by atoms with van der Waals surface area (Å²) in [5.74, 6) is -0.363. The number of likely N-dealkylation sites (tertiary alicyclic amines) is 1. The molecule has 182 valence electrons. The van der Waals surface area contributed by atoms with Crippen molar-refractivity contribution in [3.05, 3.63) is 52.3 Å². The zero-order valence-corrected chi connectivity index (χ0v) is 20.0. The number of hydrogen-bond acceptors (Lipinski definition) is 6. The number of nitrogens with zero attached hydrogens (tertiary/aromatic N) is 1. The molecule has 0 spiro atoms. The van der Waals surface area contributed by atoms with Crippen molar-refractivity contribution in [3.63, 3.8) is 0 Å². The SMILES string of the molecule is COC(=O)c1c(CC(=O)NC2CCN(C(=O)Cc3ccccc3OC)CC2)[nH]c(C(C)=O)c1C. The lowest BCUT2D eigenvalue weighted by atomic mass is 10.0. The van der Waals surface area contributed by atoms with Crippen LogP contribution in [-0.4, -0.2) is 66.8 Å². The number of methoxy groups -OCH3 is 2. The van der Waals surface area contributed by atoms with Crippen LogP contribution in [-0.2, 0) is 27.2 Å². The van der Waals surface area contributed by atoms with Crippen LogP contribution in [0, 0.1) is 6.92 Å². The molecule has 1 aliphatic rings. The summed E-state index contributed by atoms with van der Waals surface area (Å²) in [6.07, 6.45) is 1.46. The van der Waals surface area contributed by atoms with Gasteiger partial charge in [0.05, 0.1) is 38.3 Å². The van der Waals surface area contributed by atoms with E-state index in [-0.39, 0.29) is 42.0 Å². The number of carbonyl (C=O) groups excluding carboxylic acids is 4. The molecule has 1 fully saturated rings. The van der Waals surface area contributed by atoms with E-state index in [4.69, 9.17) is 9.47 Å². The fourth-order valence-electron chi connectivity index (χ4n) is 4.36. The van der Waals surface area contributed by atoms with Crippen molar-refractivity contribution >= 4 is 23.6 Å². The second-order valence-corrected chi connectivity index (χ2v) is 8.41. The number of H-pyrrole nitrogens is 1. The van der Waals surface area contributed by atoms with Crippen molar-refractivity contribution in [2.45, 2.75) is 45.6 Å². The molecule has 0 bridgehead atoms. The molecule has 1 aromatic heterocycles. The van der Waals surface area contributed by atoms with E-state index >= 15 is 0 Å². The van der Waals surface area contributed by atoms with Gasteiger partial charge in [-0.25, -0.2) is 4.79 Å². The molecule has 1 saturated heterocycles. The maximum Gasteiger partial charge on any atom is 0.339 e. The molecule has 0 unspecified atom stereocenters. The second-order valence-electron chi connectivity index (χ2n) is 8.41. The molecule has 0 radical (unpaired) electrons. The summed E-state index contributed by atoms with van der Waals surface area (Å²) in [5, 5.41) is 2.98. The Morgan fingerprint density at radius 3 is 2.38 bits per heavy atom. The Bertz CT molecular complexity index is 1080. The number of nitrogens with one attached hydrogen (secondary N) is 2. The number of piperidine rings is 1. The minimum absolute atomic E-state index is 0.0237. The average molecular weight is 470 g/mol. The average Bonchev–Trinajstić information content (AvgIpc) is 3.15. The highest BCUT2D eigenvalue weighted by molar-refractivity contribution is 6.01. The van der Waals surface area contributed by atoms with Crippen molar-refractivity contribution in [2.75, 3.05) is 27.3 Å². The molecule has 2 aromatic rings. The summed E-state index contributed by atoms with van der Waals surface area (Å²) in [4.78, 5) is 54.2. The van der Waals surface area contributed by atoms with Crippen LogP contribution in [0.4, 0.5) is 0 Å². The summed E-state index contributed by atoms with van der Waals surface area (Å²) < 4.78 is 10.2. The highest BCUT2D eigenvalue weighted by Crippen LogP contribution is 2.22. The summed E-state index contributed by atoms with van der Waals surface area (Å²) in [7, 11) is 2.84. The maximum atomic E-state index is 12.7. The van der Waals surface area contributed by atoms with Crippen LogP contribution in [0.5, 0.6) is 5.75 Å². The smallest absolute Gasteiger partial charge is 0.339 e. The summed E-state index contributed by atoms with van der Waals surface area (Å²) in [5.41, 5.74) is 2.20. The largest absolute Gasteiger partial charge is 0.496 e. The van der Waals surface area contributed by atoms with Gasteiger partial charge < -0.3 is 24.7 Å². The summed E-state index contributed by atoms with van der Waals surface area (Å²) >= 11 is 0. The molecule has 0 saturated carbocycles. The Kier molecular flexibility index (Phi) is 8.09. The fourth-order valence-corrected chi connectivity index (χ4v) is 4.36. The number of aromatic amines is 1. The standard InChI is InChI=1S/C25H31N3O6/c1-15-23(25(32)34-4)19(27-24(15)16(2)29)14-21(30)26-18-9-11-28(12-10-18)22(31)13-17-7-5-6-8-20(17)33-3/h5-8,18,27H,9-14H2,1-4H3,(H,26,30). The molecule has 9 nitrogen and oxygen atoms in total. The number of ketones is 1. The molecule has 3 rings (SSSR count). The van der Waals surface area contributed by atoms with Crippen molar-refractivity contribution in [2.24, 2.45) is 0 Å². The van der Waals surface area contributed by atoms with Crippen molar-refractivity contribution in [1.29, 1.82) is 0 Å². The molecule has 2 N–H and O–H groups in total. The van der Waals surface area contributed by atoms with Gasteiger partial charge in [0.15, 0.2) is 5.78 Å². The first-order valence-electron chi connectivity index (χ1n) is 11.2. The van der Waals surface area contributed by atoms with Crippen LogP contribution < -0.4 is 10.1 Å². The van der Waals surface area contributed by atoms with Crippen molar-refractivity contribution in [1.82, 2.24) is 15.2 Å². The Morgan fingerprint density at radius 2 is 1.76 bits per heavy atom. The Labute approximate surface area is 198 Å². The molecule has 0 aliphatic carbocycles. The van der Waals surface area contributed by atoms with E-state index in [1.54, 1.807) is 18.9 Å². The number of Topliss-reactive ketones (excluding diaryl/α,β-unsaturated/α-hetero) is 1. The van der Waals surface area contributed by atoms with Gasteiger partial charge in [-0.3, -0.25) is 14.4 Å². The van der Waals surface area contributed by atoms with E-state index in [0.717, 1.165) is 5.56 Å². The van der Waals surface area contributed by atoms with Crippen LogP contribution in [0.25, 0.3) is 0 Å². The third-order valence-electron chi connectivity index (χ3n) is 6.15. The molecule has 9 heteroatoms. The first-order chi connectivity index (χ1) is 16.2. The second kappa shape index (κ2) is 11.0. The molecule has 1 aliphatic heterocycles. The van der Waals surface area contributed by atoms with Crippen LogP contribution in [0.1, 0.15) is 57.4 Å². The Morgan fingerprint density at radius 1 is 1.09 bits per heavy atom. The number of carbonyl (C=O) groups is 4. The lowest BCUT2D eigenvalue weighted by Crippen LogP contribution is -2.47. The number of benzene rings is 1. The van der Waals surface area contributed by atoms with Gasteiger partial charge in [-0.05, 0) is 31.4 Å². The monoisotopic (exact) mass is 469 g/mol. The number of ether oxygens (including phenoxy) is 2. The molecule has 34 heavy (non-hydrogen) atoms. The van der Waals surface area contributed by atoms with Gasteiger partial charge in [0.2, 0.25) is 11.8 Å². The normalized spacial score (nSPS) is 13.9. The molecular formula is C25H31N3O6. The molecule has 0 atom stereocenters. The lowest BCUT2D eigenvalue weighted by molar-refractivity contribution is -0.131. The Balaban J connectivity index is 1.56. The van der Waals surface area contributed by atoms with Gasteiger partial charge in [-0.1, -0.05) is 18.2 Å². The van der Waals surface area contributed by atoms with E-state index < -0.39 is 5.97 Å². The third kappa shape index (κ3) is 5.65. The minimum Gasteiger partial charge on any atom is -0.496 e. The van der Waals surface area contributed by atoms with E-state index in [0.29, 0.717) is 48.6 Å². The van der Waals surface area contributed by atoms with E-state index in [9.17, 15) is 19.2 Å². The first kappa shape index (κ1) is 25.0. The number of hydrogen-bond donors (Lipinski definition) is 2. The zero-order chi connectivity index (χ0) is 24.8. The van der Waals surface area contributed by atoms with Crippen LogP contribution in [0.15, 0.2) is 24.3 Å². The van der Waals surface area contributed by atoms with E-state index in [1.165, 1.54) is 14.0 Å². The summed E-state index contributed by atoms with van der Waals surface area (Å²) in [6, 6.07) is 7.38. The number of para-hydroxylation sites is 1. The predicted molar refractivity (Wildman–Crippen MR) is 125 cm³/mol. The van der Waals surface area contributed by atoms with Crippen LogP contribution in [0.2, 0.25) is 0 Å². The van der Waals surface area contributed by atoms with Gasteiger partial charge in [0.1, 0.15) is 5.75 Å². The van der Waals surface area contributed by atoms with Gasteiger partial charge in [-0.2, -0.15) is 0 Å². The number of aromatic nitrogens is 1. The minimum atomic E-state index is -0.592. The number of rotatable bonds is 8. The van der Waals surface area contributed by atoms with Gasteiger partial charge in [0, 0.05) is 37.3 Å². The topological polar surface area (TPSA) is 118 Å². The van der Waals surface area contributed by atoms with Gasteiger partial charge in [0.25, 0.3) is 0 Å². The highest BCUT2D eigenvalue weighted by atomic mass is 16.5. The number of esters is 1. The van der Waals surface area contributed by atoms with Gasteiger partial charge in [-0.15, -0.1) is 0 Å². The van der Waals surface area contributed by atoms with Crippen molar-refractivity contribution < 1.29 is 28.7 Å². The molecule has 1 aromatic carbocycles. The van der Waals surface area contributed by atoms with E-state index in [1.807, 2.05) is 24.3 Å². The predicted octanol–water partition coefficient (Wildman–Crippen LogP) is 2.21. The maximum absolute atomic E-state index is 12.7. The Hall–Kier alpha value is -3.62. The highest BCUT2D eigenvalue weighted by Gasteiger charge is 2.27. The lowest BCUT2D eigenvalue weighted by Gasteiger charge is -2.32. The third-order valence-corrected chi connectivity index (χ3v) is 6.15. The number of amides is 2. The van der Waals surface area contributed by atoms with Crippen molar-refractivity contribution in [3.8, 4) is 5.75 Å². The fraction of sp³-hybridized carbons (Fsp3) is 0.440.